The summed E-state index contributed by atoms with van der Waals surface area (Å²) in [5, 5.41) is 3.02. The number of benzene rings is 1. The van der Waals surface area contributed by atoms with Crippen molar-refractivity contribution in [2.45, 2.75) is 24.4 Å². The number of sulfonamides is 1. The molecule has 0 saturated heterocycles. The Bertz CT molecular complexity index is 559. The molecular formula is C14H25N3O3S. The Morgan fingerprint density at radius 3 is 2.52 bits per heavy atom. The van der Waals surface area contributed by atoms with Crippen LogP contribution in [0.15, 0.2) is 23.1 Å². The van der Waals surface area contributed by atoms with Crippen molar-refractivity contribution in [2.75, 3.05) is 34.8 Å². The minimum Gasteiger partial charge on any atom is -0.495 e. The van der Waals surface area contributed by atoms with Gasteiger partial charge in [0.2, 0.25) is 10.0 Å². The van der Waals surface area contributed by atoms with E-state index >= 15 is 0 Å². The van der Waals surface area contributed by atoms with Gasteiger partial charge >= 0.3 is 0 Å². The molecule has 1 aromatic carbocycles. The van der Waals surface area contributed by atoms with E-state index in [2.05, 4.69) is 10.0 Å². The molecule has 0 fully saturated rings. The van der Waals surface area contributed by atoms with E-state index in [0.717, 1.165) is 5.56 Å². The number of nitrogens with zero attached hydrogens (tertiary/aromatic N) is 1. The monoisotopic (exact) mass is 315 g/mol. The molecule has 0 aliphatic carbocycles. The molecule has 1 aromatic rings. The van der Waals surface area contributed by atoms with Crippen LogP contribution in [-0.2, 0) is 16.6 Å². The quantitative estimate of drug-likeness (QED) is 0.737. The summed E-state index contributed by atoms with van der Waals surface area (Å²) in [6, 6.07) is 5.20. The van der Waals surface area contributed by atoms with Crippen molar-refractivity contribution in [3.8, 4) is 5.75 Å². The maximum absolute atomic E-state index is 12.4. The second kappa shape index (κ2) is 7.74. The van der Waals surface area contributed by atoms with E-state index in [1.54, 1.807) is 18.2 Å². The lowest BCUT2D eigenvalue weighted by Gasteiger charge is -2.20. The van der Waals surface area contributed by atoms with Crippen LogP contribution in [0.5, 0.6) is 5.75 Å². The van der Waals surface area contributed by atoms with E-state index in [1.165, 1.54) is 7.11 Å². The fraction of sp³-hybridized carbons (Fsp3) is 0.571. The highest BCUT2D eigenvalue weighted by molar-refractivity contribution is 7.89. The average molecular weight is 315 g/mol. The molecule has 0 aromatic heterocycles. The van der Waals surface area contributed by atoms with E-state index in [1.807, 2.05) is 33.0 Å². The SMILES string of the molecule is CNCc1ccc(S(=O)(=O)NCC(C)N(C)C)c(OC)c1. The molecule has 1 atom stereocenters. The lowest BCUT2D eigenvalue weighted by Crippen LogP contribution is -2.38. The smallest absolute Gasteiger partial charge is 0.244 e. The molecule has 0 saturated carbocycles. The zero-order valence-electron chi connectivity index (χ0n) is 13.3. The molecule has 0 amide bonds. The summed E-state index contributed by atoms with van der Waals surface area (Å²) >= 11 is 0. The molecule has 6 nitrogen and oxygen atoms in total. The minimum atomic E-state index is -3.59. The normalized spacial score (nSPS) is 13.4. The molecule has 0 spiro atoms. The molecule has 7 heteroatoms. The van der Waals surface area contributed by atoms with Crippen molar-refractivity contribution < 1.29 is 13.2 Å². The number of hydrogen-bond acceptors (Lipinski definition) is 5. The van der Waals surface area contributed by atoms with Crippen molar-refractivity contribution >= 4 is 10.0 Å². The zero-order valence-corrected chi connectivity index (χ0v) is 14.1. The van der Waals surface area contributed by atoms with Gasteiger partial charge in [0, 0.05) is 19.1 Å². The predicted octanol–water partition coefficient (Wildman–Crippen LogP) is 0.643. The van der Waals surface area contributed by atoms with Crippen molar-refractivity contribution in [1.29, 1.82) is 0 Å². The van der Waals surface area contributed by atoms with Gasteiger partial charge in [0.15, 0.2) is 0 Å². The standard InChI is InChI=1S/C14H25N3O3S/c1-11(17(3)4)9-16-21(18,19)14-7-6-12(10-15-2)8-13(14)20-5/h6-8,11,15-16H,9-10H2,1-5H3. The van der Waals surface area contributed by atoms with Gasteiger partial charge in [-0.2, -0.15) is 0 Å². The summed E-state index contributed by atoms with van der Waals surface area (Å²) in [5.41, 5.74) is 0.968. The summed E-state index contributed by atoms with van der Waals surface area (Å²) in [6.07, 6.45) is 0. The van der Waals surface area contributed by atoms with Crippen LogP contribution in [0.3, 0.4) is 0 Å². The fourth-order valence-corrected chi connectivity index (χ4v) is 3.01. The first-order valence-corrected chi connectivity index (χ1v) is 8.27. The van der Waals surface area contributed by atoms with Gasteiger partial charge in [-0.3, -0.25) is 0 Å². The van der Waals surface area contributed by atoms with Gasteiger partial charge in [0.05, 0.1) is 7.11 Å². The Morgan fingerprint density at radius 1 is 1.33 bits per heavy atom. The zero-order chi connectivity index (χ0) is 16.0. The molecule has 0 heterocycles. The summed E-state index contributed by atoms with van der Waals surface area (Å²) in [6.45, 7) is 2.95. The number of ether oxygens (including phenoxy) is 1. The summed E-state index contributed by atoms with van der Waals surface area (Å²) in [5.74, 6) is 0.354. The first-order chi connectivity index (χ1) is 9.81. The van der Waals surface area contributed by atoms with Crippen LogP contribution in [0, 0.1) is 0 Å². The van der Waals surface area contributed by atoms with Crippen molar-refractivity contribution in [3.05, 3.63) is 23.8 Å². The third-order valence-corrected chi connectivity index (χ3v) is 4.81. The van der Waals surface area contributed by atoms with Gasteiger partial charge in [-0.15, -0.1) is 0 Å². The molecule has 0 aliphatic rings. The fourth-order valence-electron chi connectivity index (χ4n) is 1.74. The van der Waals surface area contributed by atoms with Gasteiger partial charge in [-0.25, -0.2) is 13.1 Å². The van der Waals surface area contributed by atoms with E-state index in [-0.39, 0.29) is 10.9 Å². The highest BCUT2D eigenvalue weighted by atomic mass is 32.2. The van der Waals surface area contributed by atoms with E-state index < -0.39 is 10.0 Å². The van der Waals surface area contributed by atoms with Crippen molar-refractivity contribution in [3.63, 3.8) is 0 Å². The molecule has 0 radical (unpaired) electrons. The van der Waals surface area contributed by atoms with E-state index in [0.29, 0.717) is 18.8 Å². The molecular weight excluding hydrogens is 290 g/mol. The second-order valence-corrected chi connectivity index (χ2v) is 6.92. The van der Waals surface area contributed by atoms with Gasteiger partial charge in [-0.05, 0) is 45.8 Å². The third kappa shape index (κ3) is 4.96. The largest absolute Gasteiger partial charge is 0.495 e. The lowest BCUT2D eigenvalue weighted by atomic mass is 10.2. The molecule has 0 aliphatic heterocycles. The van der Waals surface area contributed by atoms with Crippen LogP contribution in [0.25, 0.3) is 0 Å². The number of hydrogen-bond donors (Lipinski definition) is 2. The first-order valence-electron chi connectivity index (χ1n) is 6.79. The minimum absolute atomic E-state index is 0.106. The Labute approximate surface area is 127 Å². The Kier molecular flexibility index (Phi) is 6.60. The highest BCUT2D eigenvalue weighted by Crippen LogP contribution is 2.24. The molecule has 21 heavy (non-hydrogen) atoms. The lowest BCUT2D eigenvalue weighted by molar-refractivity contribution is 0.313. The van der Waals surface area contributed by atoms with Crippen LogP contribution in [0.2, 0.25) is 0 Å². The average Bonchev–Trinajstić information content (AvgIpc) is 2.44. The summed E-state index contributed by atoms with van der Waals surface area (Å²) in [4.78, 5) is 2.12. The number of rotatable bonds is 8. The third-order valence-electron chi connectivity index (χ3n) is 3.35. The number of nitrogens with one attached hydrogen (secondary N) is 2. The Morgan fingerprint density at radius 2 is 2.00 bits per heavy atom. The van der Waals surface area contributed by atoms with Crippen LogP contribution in [0.4, 0.5) is 0 Å². The Hall–Kier alpha value is -1.15. The van der Waals surface area contributed by atoms with Crippen molar-refractivity contribution in [2.24, 2.45) is 0 Å². The van der Waals surface area contributed by atoms with Gasteiger partial charge in [0.1, 0.15) is 10.6 Å². The molecule has 1 rings (SSSR count). The van der Waals surface area contributed by atoms with Crippen LogP contribution in [0.1, 0.15) is 12.5 Å². The maximum Gasteiger partial charge on any atom is 0.244 e. The summed E-state index contributed by atoms with van der Waals surface area (Å²) < 4.78 is 32.6. The molecule has 0 bridgehead atoms. The summed E-state index contributed by atoms with van der Waals surface area (Å²) in [7, 11) is 3.54. The van der Waals surface area contributed by atoms with E-state index in [9.17, 15) is 8.42 Å². The Balaban J connectivity index is 2.97. The van der Waals surface area contributed by atoms with Crippen LogP contribution >= 0.6 is 0 Å². The molecule has 1 unspecified atom stereocenters. The maximum atomic E-state index is 12.4. The van der Waals surface area contributed by atoms with Crippen LogP contribution in [-0.4, -0.2) is 54.2 Å². The van der Waals surface area contributed by atoms with Crippen LogP contribution < -0.4 is 14.8 Å². The first kappa shape index (κ1) is 17.9. The topological polar surface area (TPSA) is 70.7 Å². The van der Waals surface area contributed by atoms with Gasteiger partial charge < -0.3 is 15.0 Å². The van der Waals surface area contributed by atoms with Gasteiger partial charge in [-0.1, -0.05) is 6.07 Å². The van der Waals surface area contributed by atoms with Crippen molar-refractivity contribution in [1.82, 2.24) is 14.9 Å². The van der Waals surface area contributed by atoms with E-state index in [4.69, 9.17) is 4.74 Å². The molecule has 2 N–H and O–H groups in total. The highest BCUT2D eigenvalue weighted by Gasteiger charge is 2.20. The second-order valence-electron chi connectivity index (χ2n) is 5.18. The number of methoxy groups -OCH3 is 1. The van der Waals surface area contributed by atoms with Gasteiger partial charge in [0.25, 0.3) is 0 Å². The molecule has 120 valence electrons. The number of likely N-dealkylation sites (N-methyl/N-ethyl adjacent to an activating group) is 1. The predicted molar refractivity (Wildman–Crippen MR) is 84.1 cm³/mol.